The fourth-order valence-corrected chi connectivity index (χ4v) is 6.54. The van der Waals surface area contributed by atoms with Gasteiger partial charge in [0.05, 0.1) is 5.69 Å². The Morgan fingerprint density at radius 2 is 1.68 bits per heavy atom. The minimum Gasteiger partial charge on any atom is -0.465 e. The van der Waals surface area contributed by atoms with Crippen LogP contribution in [0.1, 0.15) is 88.7 Å². The summed E-state index contributed by atoms with van der Waals surface area (Å²) in [5.41, 5.74) is 0.00618. The lowest BCUT2D eigenvalue weighted by molar-refractivity contribution is -0.127. The Morgan fingerprint density at radius 3 is 2.19 bits per heavy atom. The second kappa shape index (κ2) is 15.0. The summed E-state index contributed by atoms with van der Waals surface area (Å²) in [6.07, 6.45) is 0.279. The third kappa shape index (κ3) is 9.56. The first-order valence-electron chi connectivity index (χ1n) is 15.6. The van der Waals surface area contributed by atoms with Crippen LogP contribution in [-0.4, -0.2) is 85.9 Å². The summed E-state index contributed by atoms with van der Waals surface area (Å²) in [5.74, 6) is -2.19. The highest BCUT2D eigenvalue weighted by Gasteiger charge is 2.54. The highest BCUT2D eigenvalue weighted by Crippen LogP contribution is 2.39. The lowest BCUT2D eigenvalue weighted by Gasteiger charge is -2.55. The molecule has 15 heteroatoms. The lowest BCUT2D eigenvalue weighted by Crippen LogP contribution is -2.76. The minimum atomic E-state index is -1.74. The van der Waals surface area contributed by atoms with Crippen LogP contribution in [0.15, 0.2) is 24.3 Å². The van der Waals surface area contributed by atoms with Crippen molar-refractivity contribution < 1.29 is 34.2 Å². The molecule has 1 saturated heterocycles. The maximum atomic E-state index is 13.1. The van der Waals surface area contributed by atoms with E-state index in [9.17, 15) is 34.2 Å². The number of aromatic nitrogens is 1. The van der Waals surface area contributed by atoms with Crippen LogP contribution < -0.4 is 21.3 Å². The summed E-state index contributed by atoms with van der Waals surface area (Å²) in [6, 6.07) is 7.15. The van der Waals surface area contributed by atoms with Gasteiger partial charge in [0.15, 0.2) is 5.13 Å². The number of thiazole rings is 1. The molecular formula is C32H47N7O7S. The number of benzene rings is 1. The number of nitrogens with one attached hydrogen (secondary N) is 4. The van der Waals surface area contributed by atoms with E-state index in [1.165, 1.54) is 6.92 Å². The molecular weight excluding hydrogens is 626 g/mol. The number of nitrogens with zero attached hydrogens (tertiary/aromatic N) is 3. The van der Waals surface area contributed by atoms with E-state index in [4.69, 9.17) is 0 Å². The van der Waals surface area contributed by atoms with Crippen LogP contribution in [0.25, 0.3) is 0 Å². The van der Waals surface area contributed by atoms with Gasteiger partial charge in [0.25, 0.3) is 5.91 Å². The monoisotopic (exact) mass is 673 g/mol. The first-order valence-corrected chi connectivity index (χ1v) is 16.4. The zero-order valence-electron chi connectivity index (χ0n) is 28.2. The molecule has 258 valence electrons. The first-order chi connectivity index (χ1) is 21.8. The second-order valence-corrected chi connectivity index (χ2v) is 14.6. The second-order valence-electron chi connectivity index (χ2n) is 13.6. The summed E-state index contributed by atoms with van der Waals surface area (Å²) >= 11 is 1.10. The number of rotatable bonds is 13. The Kier molecular flexibility index (Phi) is 11.8. The molecule has 5 amide bonds. The molecule has 1 atom stereocenters. The largest absolute Gasteiger partial charge is 0.465 e. The molecule has 1 aromatic heterocycles. The van der Waals surface area contributed by atoms with Gasteiger partial charge >= 0.3 is 12.2 Å². The van der Waals surface area contributed by atoms with Crippen LogP contribution in [0, 0.1) is 5.41 Å². The molecule has 1 aliphatic rings. The number of aryl methyl sites for hydroxylation is 2. The van der Waals surface area contributed by atoms with E-state index in [2.05, 4.69) is 26.3 Å². The lowest BCUT2D eigenvalue weighted by atomic mass is 9.82. The van der Waals surface area contributed by atoms with Crippen LogP contribution in [-0.2, 0) is 22.4 Å². The molecule has 0 radical (unpaired) electrons. The Balaban J connectivity index is 1.77. The Morgan fingerprint density at radius 1 is 1.02 bits per heavy atom. The van der Waals surface area contributed by atoms with Gasteiger partial charge in [0, 0.05) is 49.6 Å². The molecule has 3 rings (SSSR count). The van der Waals surface area contributed by atoms with Crippen molar-refractivity contribution in [2.45, 2.75) is 91.9 Å². The van der Waals surface area contributed by atoms with Crippen molar-refractivity contribution >= 4 is 52.1 Å². The van der Waals surface area contributed by atoms with E-state index in [1.54, 1.807) is 58.6 Å². The Bertz CT molecular complexity index is 1460. The molecule has 0 saturated carbocycles. The summed E-state index contributed by atoms with van der Waals surface area (Å²) in [5, 5.41) is 31.5. The maximum Gasteiger partial charge on any atom is 0.411 e. The molecule has 2 aromatic rings. The number of amides is 5. The maximum absolute atomic E-state index is 13.1. The van der Waals surface area contributed by atoms with E-state index in [0.29, 0.717) is 60.2 Å². The van der Waals surface area contributed by atoms with Gasteiger partial charge in [-0.05, 0) is 64.2 Å². The zero-order valence-corrected chi connectivity index (χ0v) is 29.0. The topological polar surface area (TPSA) is 193 Å². The molecule has 47 heavy (non-hydrogen) atoms. The van der Waals surface area contributed by atoms with E-state index >= 15 is 0 Å². The van der Waals surface area contributed by atoms with E-state index in [-0.39, 0.29) is 17.7 Å². The van der Waals surface area contributed by atoms with Gasteiger partial charge in [-0.2, -0.15) is 0 Å². The molecule has 0 aliphatic carbocycles. The smallest absolute Gasteiger partial charge is 0.411 e. The number of hydrogen-bond donors (Lipinski definition) is 6. The first kappa shape index (κ1) is 37.1. The van der Waals surface area contributed by atoms with Gasteiger partial charge in [0.1, 0.15) is 4.88 Å². The molecule has 0 bridgehead atoms. The van der Waals surface area contributed by atoms with Crippen molar-refractivity contribution in [1.82, 2.24) is 25.4 Å². The van der Waals surface area contributed by atoms with Crippen molar-refractivity contribution in [3.05, 3.63) is 40.4 Å². The molecule has 1 aliphatic heterocycles. The molecule has 2 heterocycles. The zero-order chi connectivity index (χ0) is 35.2. The predicted molar refractivity (Wildman–Crippen MR) is 180 cm³/mol. The van der Waals surface area contributed by atoms with Crippen molar-refractivity contribution in [2.24, 2.45) is 5.41 Å². The summed E-state index contributed by atoms with van der Waals surface area (Å²) in [6.45, 7) is 13.4. The van der Waals surface area contributed by atoms with E-state index in [1.807, 2.05) is 12.1 Å². The highest BCUT2D eigenvalue weighted by atomic mass is 32.1. The minimum absolute atomic E-state index is 0.141. The third-order valence-corrected chi connectivity index (χ3v) is 8.76. The van der Waals surface area contributed by atoms with Crippen molar-refractivity contribution in [1.29, 1.82) is 0 Å². The van der Waals surface area contributed by atoms with Crippen LogP contribution in [0.2, 0.25) is 0 Å². The molecule has 1 aromatic carbocycles. The standard InChI is InChI=1S/C32H47N7O7S/c1-20(40)34-27-35-23(25(47-27)26(42)33-17-9-19-38-18-8-10-24(38)41)16-13-21-11-14-22(15-12-21)36-32(30(2,3)4,37-28(43)44)39(29(45)46)31(5,6)7/h11-12,14-15,36-37H,8-10,13,16-19H2,1-7H3,(H,33,42)(H,43,44)(H,45,46)(H,34,35,40). The van der Waals surface area contributed by atoms with Crippen LogP contribution in [0.4, 0.5) is 20.4 Å². The fraction of sp³-hybridized carbons (Fsp3) is 0.562. The number of anilines is 2. The Hall–Kier alpha value is -4.40. The molecule has 1 unspecified atom stereocenters. The van der Waals surface area contributed by atoms with Gasteiger partial charge in [-0.25, -0.2) is 14.6 Å². The van der Waals surface area contributed by atoms with Crippen LogP contribution >= 0.6 is 11.3 Å². The van der Waals surface area contributed by atoms with Crippen LogP contribution in [0.5, 0.6) is 0 Å². The van der Waals surface area contributed by atoms with Gasteiger partial charge in [-0.3, -0.25) is 24.6 Å². The predicted octanol–water partition coefficient (Wildman–Crippen LogP) is 4.79. The van der Waals surface area contributed by atoms with Crippen LogP contribution in [0.3, 0.4) is 0 Å². The normalized spacial score (nSPS) is 14.7. The number of carboxylic acid groups (broad SMARTS) is 2. The number of likely N-dealkylation sites (tertiary alicyclic amines) is 1. The highest BCUT2D eigenvalue weighted by molar-refractivity contribution is 7.17. The summed E-state index contributed by atoms with van der Waals surface area (Å²) < 4.78 is 0. The Labute approximate surface area is 279 Å². The van der Waals surface area contributed by atoms with Gasteiger partial charge in [-0.15, -0.1) is 0 Å². The summed E-state index contributed by atoms with van der Waals surface area (Å²) in [4.78, 5) is 69.0. The van der Waals surface area contributed by atoms with E-state index < -0.39 is 28.9 Å². The van der Waals surface area contributed by atoms with Crippen molar-refractivity contribution in [2.75, 3.05) is 30.3 Å². The summed E-state index contributed by atoms with van der Waals surface area (Å²) in [7, 11) is 0. The third-order valence-electron chi connectivity index (χ3n) is 7.75. The number of carbonyl (C=O) groups excluding carboxylic acids is 3. The average molecular weight is 674 g/mol. The van der Waals surface area contributed by atoms with E-state index in [0.717, 1.165) is 34.8 Å². The SMILES string of the molecule is CC(=O)Nc1nc(CCc2ccc(NC(NC(=O)O)(N(C(=O)O)C(C)(C)C)C(C)(C)C)cc2)c(C(=O)NCCCN2CCCC2=O)s1. The van der Waals surface area contributed by atoms with Crippen molar-refractivity contribution in [3.8, 4) is 0 Å². The van der Waals surface area contributed by atoms with Gasteiger partial charge in [0.2, 0.25) is 17.6 Å². The van der Waals surface area contributed by atoms with Crippen molar-refractivity contribution in [3.63, 3.8) is 0 Å². The molecule has 14 nitrogen and oxygen atoms in total. The van der Waals surface area contributed by atoms with Gasteiger partial charge in [-0.1, -0.05) is 44.2 Å². The molecule has 1 fully saturated rings. The fourth-order valence-electron chi connectivity index (χ4n) is 5.56. The average Bonchev–Trinajstić information content (AvgIpc) is 3.53. The number of carbonyl (C=O) groups is 5. The quantitative estimate of drug-likeness (QED) is 0.128. The van der Waals surface area contributed by atoms with Gasteiger partial charge < -0.3 is 31.1 Å². The molecule has 0 spiro atoms. The molecule has 6 N–H and O–H groups in total. The number of hydrogen-bond acceptors (Lipinski definition) is 8.